The summed E-state index contributed by atoms with van der Waals surface area (Å²) in [5, 5.41) is 30.9. The molecule has 0 amide bonds. The van der Waals surface area contributed by atoms with Crippen LogP contribution in [0.3, 0.4) is 0 Å². The van der Waals surface area contributed by atoms with Gasteiger partial charge in [-0.25, -0.2) is 0 Å². The monoisotopic (exact) mass is 859 g/mol. The maximum atomic E-state index is 12.8. The van der Waals surface area contributed by atoms with E-state index >= 15 is 0 Å². The van der Waals surface area contributed by atoms with Gasteiger partial charge in [-0.3, -0.25) is 14.1 Å². The number of rotatable bonds is 38. The van der Waals surface area contributed by atoms with Gasteiger partial charge in [-0.05, 0) is 64.2 Å². The Morgan fingerprint density at radius 1 is 0.576 bits per heavy atom. The van der Waals surface area contributed by atoms with Gasteiger partial charge in [-0.2, -0.15) is 8.42 Å². The van der Waals surface area contributed by atoms with Crippen LogP contribution in [0.15, 0.2) is 36.5 Å². The van der Waals surface area contributed by atoms with Gasteiger partial charge in [0.2, 0.25) is 0 Å². The average Bonchev–Trinajstić information content (AvgIpc) is 3.20. The number of aliphatic hydroxyl groups excluding tert-OH is 3. The Kier molecular flexibility index (Phi) is 34.0. The Morgan fingerprint density at radius 3 is 1.56 bits per heavy atom. The molecular formula is C46H82O12S. The molecule has 1 saturated heterocycles. The molecule has 1 rings (SSSR count). The van der Waals surface area contributed by atoms with E-state index in [1.54, 1.807) is 0 Å². The van der Waals surface area contributed by atoms with Crippen molar-refractivity contribution in [3.63, 3.8) is 0 Å². The summed E-state index contributed by atoms with van der Waals surface area (Å²) in [5.74, 6) is -2.00. The Hall–Kier alpha value is -2.13. The van der Waals surface area contributed by atoms with Gasteiger partial charge >= 0.3 is 11.9 Å². The first kappa shape index (κ1) is 54.9. The fourth-order valence-corrected chi connectivity index (χ4v) is 7.50. The molecule has 344 valence electrons. The number of esters is 2. The lowest BCUT2D eigenvalue weighted by molar-refractivity contribution is -0.297. The van der Waals surface area contributed by atoms with Crippen LogP contribution in [0.4, 0.5) is 0 Å². The van der Waals surface area contributed by atoms with Crippen molar-refractivity contribution in [3.05, 3.63) is 36.5 Å². The van der Waals surface area contributed by atoms with Crippen LogP contribution < -0.4 is 0 Å². The molecule has 0 aliphatic carbocycles. The number of ether oxygens (including phenoxy) is 4. The van der Waals surface area contributed by atoms with E-state index in [-0.39, 0.29) is 19.4 Å². The molecule has 6 atom stereocenters. The van der Waals surface area contributed by atoms with Crippen molar-refractivity contribution < 1.29 is 56.8 Å². The molecule has 0 saturated carbocycles. The highest BCUT2D eigenvalue weighted by molar-refractivity contribution is 7.85. The van der Waals surface area contributed by atoms with Gasteiger partial charge in [-0.1, -0.05) is 147 Å². The van der Waals surface area contributed by atoms with Crippen molar-refractivity contribution in [3.8, 4) is 0 Å². The molecule has 1 aliphatic rings. The minimum absolute atomic E-state index is 0.159. The van der Waals surface area contributed by atoms with Crippen LogP contribution in [0.5, 0.6) is 0 Å². The molecule has 13 heteroatoms. The number of carbonyl (C=O) groups is 2. The van der Waals surface area contributed by atoms with E-state index in [1.807, 2.05) is 0 Å². The lowest BCUT2D eigenvalue weighted by Crippen LogP contribution is -2.60. The molecule has 0 radical (unpaired) electrons. The van der Waals surface area contributed by atoms with Gasteiger partial charge in [0.05, 0.1) is 6.61 Å². The average molecular weight is 859 g/mol. The number of carbonyl (C=O) groups excluding carboxylic acids is 2. The second kappa shape index (κ2) is 36.5. The minimum atomic E-state index is -4.60. The molecule has 1 fully saturated rings. The van der Waals surface area contributed by atoms with E-state index in [1.165, 1.54) is 77.0 Å². The summed E-state index contributed by atoms with van der Waals surface area (Å²) in [4.78, 5) is 25.4. The van der Waals surface area contributed by atoms with Crippen molar-refractivity contribution >= 4 is 22.1 Å². The molecule has 0 bridgehead atoms. The first-order valence-corrected chi connectivity index (χ1v) is 24.7. The zero-order chi connectivity index (χ0) is 43.4. The van der Waals surface area contributed by atoms with Gasteiger partial charge in [0.1, 0.15) is 36.8 Å². The van der Waals surface area contributed by atoms with Gasteiger partial charge in [0.15, 0.2) is 12.4 Å². The summed E-state index contributed by atoms with van der Waals surface area (Å²) in [6.07, 6.45) is 31.8. The normalized spacial score (nSPS) is 20.5. The number of hydrogen-bond donors (Lipinski definition) is 4. The van der Waals surface area contributed by atoms with E-state index in [0.29, 0.717) is 12.8 Å². The lowest BCUT2D eigenvalue weighted by atomic mass is 10.00. The summed E-state index contributed by atoms with van der Waals surface area (Å²) in [7, 11) is -4.60. The molecule has 0 spiro atoms. The molecule has 2 unspecified atom stereocenters. The predicted molar refractivity (Wildman–Crippen MR) is 233 cm³/mol. The molecule has 0 aromatic rings. The summed E-state index contributed by atoms with van der Waals surface area (Å²) in [5.41, 5.74) is 0. The molecule has 59 heavy (non-hydrogen) atoms. The van der Waals surface area contributed by atoms with E-state index in [9.17, 15) is 37.9 Å². The van der Waals surface area contributed by atoms with Crippen LogP contribution >= 0.6 is 0 Å². The Morgan fingerprint density at radius 2 is 1.03 bits per heavy atom. The number of hydrogen-bond acceptors (Lipinski definition) is 11. The number of aliphatic hydroxyl groups is 3. The minimum Gasteiger partial charge on any atom is -0.462 e. The zero-order valence-corrected chi connectivity index (χ0v) is 37.4. The highest BCUT2D eigenvalue weighted by atomic mass is 32.2. The molecule has 1 heterocycles. The van der Waals surface area contributed by atoms with E-state index in [0.717, 1.165) is 70.6 Å². The largest absolute Gasteiger partial charge is 0.462 e. The van der Waals surface area contributed by atoms with Crippen LogP contribution in [0.2, 0.25) is 0 Å². The van der Waals surface area contributed by atoms with Gasteiger partial charge in [-0.15, -0.1) is 0 Å². The van der Waals surface area contributed by atoms with E-state index < -0.39 is 71.2 Å². The second-order valence-electron chi connectivity index (χ2n) is 16.1. The molecular weight excluding hydrogens is 777 g/mol. The van der Waals surface area contributed by atoms with Crippen LogP contribution in [-0.4, -0.2) is 96.0 Å². The van der Waals surface area contributed by atoms with Crippen LogP contribution in [-0.2, 0) is 38.7 Å². The van der Waals surface area contributed by atoms with E-state index in [2.05, 4.69) is 50.3 Å². The number of allylic oxidation sites excluding steroid dienone is 6. The maximum absolute atomic E-state index is 12.8. The van der Waals surface area contributed by atoms with Crippen molar-refractivity contribution in [2.75, 3.05) is 19.0 Å². The Balaban J connectivity index is 2.44. The quantitative estimate of drug-likeness (QED) is 0.0200. The predicted octanol–water partition coefficient (Wildman–Crippen LogP) is 9.39. The van der Waals surface area contributed by atoms with Gasteiger partial charge in [0.25, 0.3) is 10.1 Å². The summed E-state index contributed by atoms with van der Waals surface area (Å²) in [6, 6.07) is 0. The maximum Gasteiger partial charge on any atom is 0.306 e. The Bertz CT molecular complexity index is 1240. The zero-order valence-electron chi connectivity index (χ0n) is 36.6. The summed E-state index contributed by atoms with van der Waals surface area (Å²) < 4.78 is 54.1. The van der Waals surface area contributed by atoms with Crippen molar-refractivity contribution in [1.82, 2.24) is 0 Å². The fourth-order valence-electron chi connectivity index (χ4n) is 6.80. The topological polar surface area (TPSA) is 186 Å². The third-order valence-electron chi connectivity index (χ3n) is 10.4. The molecule has 12 nitrogen and oxygen atoms in total. The second-order valence-corrected chi connectivity index (χ2v) is 17.6. The summed E-state index contributed by atoms with van der Waals surface area (Å²) in [6.45, 7) is 3.70. The van der Waals surface area contributed by atoms with Crippen LogP contribution in [0, 0.1) is 0 Å². The van der Waals surface area contributed by atoms with Crippen molar-refractivity contribution in [2.24, 2.45) is 0 Å². The highest BCUT2D eigenvalue weighted by Gasteiger charge is 2.46. The van der Waals surface area contributed by atoms with Crippen molar-refractivity contribution in [2.45, 2.75) is 224 Å². The molecule has 0 aromatic carbocycles. The third-order valence-corrected chi connectivity index (χ3v) is 11.2. The fraction of sp³-hybridized carbons (Fsp3) is 0.826. The third kappa shape index (κ3) is 31.4. The summed E-state index contributed by atoms with van der Waals surface area (Å²) >= 11 is 0. The van der Waals surface area contributed by atoms with Crippen molar-refractivity contribution in [1.29, 1.82) is 0 Å². The first-order valence-electron chi connectivity index (χ1n) is 23.0. The molecule has 4 N–H and O–H groups in total. The highest BCUT2D eigenvalue weighted by Crippen LogP contribution is 2.24. The first-order chi connectivity index (χ1) is 28.5. The smallest absolute Gasteiger partial charge is 0.306 e. The van der Waals surface area contributed by atoms with Gasteiger partial charge < -0.3 is 34.3 Å². The molecule has 0 aromatic heterocycles. The lowest BCUT2D eigenvalue weighted by Gasteiger charge is -2.40. The van der Waals surface area contributed by atoms with Gasteiger partial charge in [0, 0.05) is 12.8 Å². The van der Waals surface area contributed by atoms with Crippen LogP contribution in [0.25, 0.3) is 0 Å². The number of unbranched alkanes of at least 4 members (excludes halogenated alkanes) is 20. The molecule has 1 aliphatic heterocycles. The van der Waals surface area contributed by atoms with Crippen LogP contribution in [0.1, 0.15) is 187 Å². The standard InChI is InChI=1S/C46H82O12S/c1-3-5-7-9-11-13-15-17-19-20-21-23-25-27-29-31-33-35-42(48)57-39(37-56-46-45(51)44(50)43(49)40(58-46)38-59(52,53)54)36-55-41(47)34-32-30-28-26-24-22-18-16-14-12-10-8-6-4-2/h10,12-13,15-16,18,39-40,43-46,49-51H,3-9,11,14,17,19-38H2,1-2H3,(H,52,53,54)/b12-10+,15-13+,18-16+/t39-,40-,43-,44?,45?,46+/m1/s1. The Labute approximate surface area is 357 Å². The van der Waals surface area contributed by atoms with E-state index in [4.69, 9.17) is 18.9 Å². The SMILES string of the molecule is CCCC/C=C/C/C=C/CCCCCCCC(=O)OC[C@H](CO[C@H]1O[C@H](CS(=O)(=O)O)[C@@H](O)C(O)C1O)OC(=O)CCCCCCCCCCC/C=C/CCCCCC.